The molecular weight excluding hydrogens is 899 g/mol. The number of allylic oxidation sites excluding steroid dienone is 3. The number of hydrogen-bond donors (Lipinski definition) is 3. The van der Waals surface area contributed by atoms with E-state index in [4.69, 9.17) is 4.74 Å². The third-order valence-electron chi connectivity index (χ3n) is 15.5. The van der Waals surface area contributed by atoms with Gasteiger partial charge in [0.2, 0.25) is 5.91 Å². The average Bonchev–Trinajstić information content (AvgIpc) is 3.39. The van der Waals surface area contributed by atoms with Crippen molar-refractivity contribution in [3.63, 3.8) is 0 Å². The van der Waals surface area contributed by atoms with Gasteiger partial charge in [-0.25, -0.2) is 0 Å². The van der Waals surface area contributed by atoms with Crippen LogP contribution in [0.15, 0.2) is 24.3 Å². The molecule has 0 bridgehead atoms. The van der Waals surface area contributed by atoms with Crippen molar-refractivity contribution < 1.29 is 24.5 Å². The molecule has 432 valence electrons. The van der Waals surface area contributed by atoms with E-state index in [1.165, 1.54) is 295 Å². The van der Waals surface area contributed by atoms with Crippen LogP contribution >= 0.6 is 0 Å². The first kappa shape index (κ1) is 71.3. The Morgan fingerprint density at radius 2 is 0.644 bits per heavy atom. The smallest absolute Gasteiger partial charge is 0.305 e. The minimum Gasteiger partial charge on any atom is -0.466 e. The van der Waals surface area contributed by atoms with E-state index < -0.39 is 12.1 Å². The molecule has 6 nitrogen and oxygen atoms in total. The molecule has 0 aromatic carbocycles. The molecule has 0 heterocycles. The fourth-order valence-corrected chi connectivity index (χ4v) is 10.4. The normalized spacial score (nSPS) is 12.7. The minimum atomic E-state index is -0.850. The number of ether oxygens (including phenoxy) is 1. The van der Waals surface area contributed by atoms with Crippen LogP contribution in [0.3, 0.4) is 0 Å². The Hall–Kier alpha value is -1.66. The van der Waals surface area contributed by atoms with E-state index in [9.17, 15) is 19.8 Å². The van der Waals surface area contributed by atoms with Gasteiger partial charge in [0, 0.05) is 12.8 Å². The van der Waals surface area contributed by atoms with Crippen LogP contribution in [-0.4, -0.2) is 47.4 Å². The number of rotatable bonds is 62. The van der Waals surface area contributed by atoms with Crippen molar-refractivity contribution in [1.82, 2.24) is 5.32 Å². The van der Waals surface area contributed by atoms with E-state index in [0.717, 1.165) is 44.9 Å². The van der Waals surface area contributed by atoms with E-state index in [2.05, 4.69) is 31.3 Å². The lowest BCUT2D eigenvalue weighted by atomic mass is 10.0. The van der Waals surface area contributed by atoms with Crippen molar-refractivity contribution in [2.24, 2.45) is 0 Å². The Balaban J connectivity index is 3.43. The van der Waals surface area contributed by atoms with Crippen LogP contribution in [0.5, 0.6) is 0 Å². The standard InChI is InChI=1S/C67H129NO5/c1-3-5-7-9-11-13-15-17-19-21-27-31-35-39-43-47-51-55-59-65(70)64(63-69)68-66(71)60-56-52-48-44-40-36-32-28-25-23-24-26-30-34-38-42-46-50-54-58-62-73-67(72)61-57-53-49-45-41-37-33-29-22-20-18-16-14-12-10-8-6-4-2/h23,25,55,59,64-65,69-70H,3-22,24,26-54,56-58,60-63H2,1-2H3,(H,68,71)/b25-23-,59-55+. The molecule has 0 fully saturated rings. The second kappa shape index (κ2) is 62.9. The minimum absolute atomic E-state index is 0.0106. The molecule has 0 saturated carbocycles. The van der Waals surface area contributed by atoms with Crippen molar-refractivity contribution in [2.45, 2.75) is 379 Å². The second-order valence-electron chi connectivity index (χ2n) is 22.8. The molecule has 0 aliphatic rings. The van der Waals surface area contributed by atoms with Crippen LogP contribution in [-0.2, 0) is 14.3 Å². The van der Waals surface area contributed by atoms with E-state index in [0.29, 0.717) is 19.4 Å². The average molecular weight is 1030 g/mol. The summed E-state index contributed by atoms with van der Waals surface area (Å²) in [4.78, 5) is 24.6. The molecule has 6 heteroatoms. The van der Waals surface area contributed by atoms with Crippen molar-refractivity contribution in [3.8, 4) is 0 Å². The summed E-state index contributed by atoms with van der Waals surface area (Å²) in [6.07, 6.45) is 78.0. The van der Waals surface area contributed by atoms with Gasteiger partial charge in [0.15, 0.2) is 0 Å². The molecule has 3 N–H and O–H groups in total. The Morgan fingerprint density at radius 3 is 0.973 bits per heavy atom. The number of carbonyl (C=O) groups excluding carboxylic acids is 2. The molecule has 0 aromatic heterocycles. The number of amides is 1. The van der Waals surface area contributed by atoms with Gasteiger partial charge < -0.3 is 20.3 Å². The Kier molecular flexibility index (Phi) is 61.4. The third kappa shape index (κ3) is 59.4. The molecule has 2 unspecified atom stereocenters. The van der Waals surface area contributed by atoms with Crippen molar-refractivity contribution in [3.05, 3.63) is 24.3 Å². The SMILES string of the molecule is CCCCCCCCCCCCCCCCCC/C=C/C(O)C(CO)NC(=O)CCCCCCCCC/C=C\CCCCCCCCCCCOC(=O)CCCCCCCCCCCCCCCCCCCC. The summed E-state index contributed by atoms with van der Waals surface area (Å²) < 4.78 is 5.50. The maximum absolute atomic E-state index is 12.5. The zero-order chi connectivity index (χ0) is 52.9. The fourth-order valence-electron chi connectivity index (χ4n) is 10.4. The van der Waals surface area contributed by atoms with Crippen molar-refractivity contribution in [2.75, 3.05) is 13.2 Å². The maximum atomic E-state index is 12.5. The Bertz CT molecular complexity index is 1140. The summed E-state index contributed by atoms with van der Waals surface area (Å²) in [7, 11) is 0. The zero-order valence-corrected chi connectivity index (χ0v) is 49.4. The summed E-state index contributed by atoms with van der Waals surface area (Å²) in [5.41, 5.74) is 0. The van der Waals surface area contributed by atoms with Gasteiger partial charge >= 0.3 is 5.97 Å². The van der Waals surface area contributed by atoms with E-state index >= 15 is 0 Å². The first-order chi connectivity index (χ1) is 36.0. The molecule has 0 aromatic rings. The summed E-state index contributed by atoms with van der Waals surface area (Å²) in [5.74, 6) is -0.0631. The van der Waals surface area contributed by atoms with Gasteiger partial charge in [-0.05, 0) is 57.8 Å². The maximum Gasteiger partial charge on any atom is 0.305 e. The molecule has 0 saturated heterocycles. The summed E-state index contributed by atoms with van der Waals surface area (Å²) in [5, 5.41) is 23.2. The summed E-state index contributed by atoms with van der Waals surface area (Å²) in [6, 6.07) is -0.634. The van der Waals surface area contributed by atoms with Gasteiger partial charge in [-0.15, -0.1) is 0 Å². The predicted molar refractivity (Wildman–Crippen MR) is 320 cm³/mol. The monoisotopic (exact) mass is 1030 g/mol. The highest BCUT2D eigenvalue weighted by atomic mass is 16.5. The lowest BCUT2D eigenvalue weighted by molar-refractivity contribution is -0.143. The molecule has 0 spiro atoms. The predicted octanol–water partition coefficient (Wildman–Crippen LogP) is 21.0. The first-order valence-electron chi connectivity index (χ1n) is 33.1. The number of nitrogens with one attached hydrogen (secondary N) is 1. The highest BCUT2D eigenvalue weighted by molar-refractivity contribution is 5.76. The van der Waals surface area contributed by atoms with Gasteiger partial charge in [-0.1, -0.05) is 321 Å². The highest BCUT2D eigenvalue weighted by Crippen LogP contribution is 2.18. The second-order valence-corrected chi connectivity index (χ2v) is 22.8. The van der Waals surface area contributed by atoms with Crippen LogP contribution in [0.1, 0.15) is 367 Å². The Morgan fingerprint density at radius 1 is 0.370 bits per heavy atom. The zero-order valence-electron chi connectivity index (χ0n) is 49.4. The van der Waals surface area contributed by atoms with E-state index in [1.807, 2.05) is 6.08 Å². The number of aliphatic hydroxyl groups excluding tert-OH is 2. The van der Waals surface area contributed by atoms with Crippen LogP contribution in [0.25, 0.3) is 0 Å². The fraction of sp³-hybridized carbons (Fsp3) is 0.910. The number of esters is 1. The lowest BCUT2D eigenvalue weighted by Crippen LogP contribution is -2.45. The highest BCUT2D eigenvalue weighted by Gasteiger charge is 2.18. The van der Waals surface area contributed by atoms with Gasteiger partial charge in [0.1, 0.15) is 0 Å². The topological polar surface area (TPSA) is 95.9 Å². The van der Waals surface area contributed by atoms with Gasteiger partial charge in [0.25, 0.3) is 0 Å². The van der Waals surface area contributed by atoms with Crippen LogP contribution in [0.2, 0.25) is 0 Å². The van der Waals surface area contributed by atoms with Gasteiger partial charge in [0.05, 0.1) is 25.4 Å². The number of hydrogen-bond acceptors (Lipinski definition) is 5. The molecule has 2 atom stereocenters. The van der Waals surface area contributed by atoms with Gasteiger partial charge in [-0.2, -0.15) is 0 Å². The molecule has 0 aliphatic carbocycles. The largest absolute Gasteiger partial charge is 0.466 e. The molecule has 1 amide bonds. The Labute approximate surface area is 456 Å². The van der Waals surface area contributed by atoms with E-state index in [1.54, 1.807) is 6.08 Å². The molecule has 0 rings (SSSR count). The van der Waals surface area contributed by atoms with Crippen molar-refractivity contribution >= 4 is 11.9 Å². The molecule has 0 aliphatic heterocycles. The number of carbonyl (C=O) groups is 2. The van der Waals surface area contributed by atoms with Crippen LogP contribution in [0.4, 0.5) is 0 Å². The van der Waals surface area contributed by atoms with Crippen molar-refractivity contribution in [1.29, 1.82) is 0 Å². The number of unbranched alkanes of at least 4 members (excludes halogenated alkanes) is 49. The lowest BCUT2D eigenvalue weighted by Gasteiger charge is -2.20. The van der Waals surface area contributed by atoms with E-state index in [-0.39, 0.29) is 18.5 Å². The first-order valence-corrected chi connectivity index (χ1v) is 33.1. The molecule has 0 radical (unpaired) electrons. The molecule has 73 heavy (non-hydrogen) atoms. The van der Waals surface area contributed by atoms with Gasteiger partial charge in [-0.3, -0.25) is 9.59 Å². The number of aliphatic hydroxyl groups is 2. The molecular formula is C67H129NO5. The van der Waals surface area contributed by atoms with Crippen LogP contribution < -0.4 is 5.32 Å². The summed E-state index contributed by atoms with van der Waals surface area (Å²) in [6.45, 7) is 4.93. The van der Waals surface area contributed by atoms with Crippen LogP contribution in [0, 0.1) is 0 Å². The third-order valence-corrected chi connectivity index (χ3v) is 15.5. The summed E-state index contributed by atoms with van der Waals surface area (Å²) >= 11 is 0. The quantitative estimate of drug-likeness (QED) is 0.0320.